The van der Waals surface area contributed by atoms with E-state index in [0.717, 1.165) is 0 Å². The summed E-state index contributed by atoms with van der Waals surface area (Å²) in [5.41, 5.74) is 15.1. The van der Waals surface area contributed by atoms with Crippen LogP contribution in [0.3, 0.4) is 0 Å². The minimum atomic E-state index is 0.194. The van der Waals surface area contributed by atoms with Gasteiger partial charge in [-0.1, -0.05) is 194 Å². The highest BCUT2D eigenvalue weighted by Gasteiger charge is 2.46. The molecule has 7 rings (SSSR count). The molecule has 1 heteroatoms. The Morgan fingerprint density at radius 2 is 1.25 bits per heavy atom. The zero-order valence-corrected chi connectivity index (χ0v) is 31.6. The highest BCUT2D eigenvalue weighted by molar-refractivity contribution is 5.88. The van der Waals surface area contributed by atoms with Crippen molar-refractivity contribution in [3.8, 4) is 0 Å². The van der Waals surface area contributed by atoms with Gasteiger partial charge in [0.2, 0.25) is 0 Å². The van der Waals surface area contributed by atoms with Crippen molar-refractivity contribution in [1.29, 1.82) is 0 Å². The number of fused-ring (bicyclic) bond motifs is 3. The summed E-state index contributed by atoms with van der Waals surface area (Å²) in [5.74, 6) is 0.514. The number of rotatable bonds is 17. The molecule has 0 aromatic heterocycles. The van der Waals surface area contributed by atoms with Crippen LogP contribution < -0.4 is 5.32 Å². The van der Waals surface area contributed by atoms with Crippen LogP contribution >= 0.6 is 0 Å². The largest absolute Gasteiger partial charge is 0.378 e. The summed E-state index contributed by atoms with van der Waals surface area (Å²) in [6.07, 6.45) is 32.4. The van der Waals surface area contributed by atoms with Crippen LogP contribution in [0.15, 0.2) is 126 Å². The van der Waals surface area contributed by atoms with Gasteiger partial charge in [0.05, 0.1) is 6.04 Å². The molecule has 0 fully saturated rings. The molecule has 0 radical (unpaired) electrons. The lowest BCUT2D eigenvalue weighted by Gasteiger charge is -2.40. The third kappa shape index (κ3) is 7.84. The van der Waals surface area contributed by atoms with Crippen molar-refractivity contribution in [2.75, 3.05) is 0 Å². The number of unbranched alkanes of at least 4 members (excludes halogenated alkanes) is 10. The number of hydrogen-bond donors (Lipinski definition) is 1. The van der Waals surface area contributed by atoms with Gasteiger partial charge in [0, 0.05) is 17.0 Å². The molecule has 3 aromatic carbocycles. The van der Waals surface area contributed by atoms with Crippen molar-refractivity contribution < 1.29 is 0 Å². The zero-order chi connectivity index (χ0) is 34.9. The number of nitrogens with one attached hydrogen (secondary N) is 1. The normalized spacial score (nSPS) is 20.4. The Morgan fingerprint density at radius 1 is 0.647 bits per heavy atom. The first-order valence-electron chi connectivity index (χ1n) is 20.8. The number of allylic oxidation sites excluding steroid dienone is 7. The van der Waals surface area contributed by atoms with Crippen LogP contribution in [0.1, 0.15) is 145 Å². The predicted octanol–water partition coefficient (Wildman–Crippen LogP) is 14.0. The van der Waals surface area contributed by atoms with Crippen LogP contribution in [-0.4, -0.2) is 6.04 Å². The van der Waals surface area contributed by atoms with Crippen molar-refractivity contribution in [2.45, 2.75) is 134 Å². The van der Waals surface area contributed by atoms with Gasteiger partial charge in [-0.05, 0) is 88.8 Å². The van der Waals surface area contributed by atoms with Gasteiger partial charge in [0.15, 0.2) is 0 Å². The number of hydrogen-bond acceptors (Lipinski definition) is 1. The van der Waals surface area contributed by atoms with E-state index in [0.29, 0.717) is 5.92 Å². The Kier molecular flexibility index (Phi) is 11.9. The smallest absolute Gasteiger partial charge is 0.0704 e. The van der Waals surface area contributed by atoms with E-state index in [9.17, 15) is 0 Å². The van der Waals surface area contributed by atoms with Gasteiger partial charge >= 0.3 is 0 Å². The van der Waals surface area contributed by atoms with Gasteiger partial charge in [0.1, 0.15) is 0 Å². The molecule has 3 aromatic rings. The molecule has 266 valence electrons. The molecule has 2 atom stereocenters. The van der Waals surface area contributed by atoms with Crippen LogP contribution in [0.25, 0.3) is 16.7 Å². The van der Waals surface area contributed by atoms with Crippen molar-refractivity contribution in [3.05, 3.63) is 148 Å². The second kappa shape index (κ2) is 17.1. The topological polar surface area (TPSA) is 12.0 Å². The molecule has 0 amide bonds. The van der Waals surface area contributed by atoms with E-state index < -0.39 is 0 Å². The molecule has 4 aliphatic rings. The summed E-state index contributed by atoms with van der Waals surface area (Å²) >= 11 is 0. The summed E-state index contributed by atoms with van der Waals surface area (Å²) in [6.45, 7) is 4.66. The van der Waals surface area contributed by atoms with E-state index in [4.69, 9.17) is 0 Å². The van der Waals surface area contributed by atoms with Gasteiger partial charge in [0.25, 0.3) is 0 Å². The fraction of sp³-hybridized carbons (Fsp3) is 0.440. The van der Waals surface area contributed by atoms with E-state index in [1.54, 1.807) is 16.7 Å². The maximum Gasteiger partial charge on any atom is 0.0704 e. The molecule has 2 unspecified atom stereocenters. The van der Waals surface area contributed by atoms with Crippen molar-refractivity contribution in [2.24, 2.45) is 5.92 Å². The molecule has 1 N–H and O–H groups in total. The second-order valence-electron chi connectivity index (χ2n) is 15.8. The summed E-state index contributed by atoms with van der Waals surface area (Å²) in [4.78, 5) is 0. The summed E-state index contributed by atoms with van der Waals surface area (Å²) in [6, 6.07) is 31.8. The minimum Gasteiger partial charge on any atom is -0.378 e. The van der Waals surface area contributed by atoms with E-state index >= 15 is 0 Å². The lowest BCUT2D eigenvalue weighted by Crippen LogP contribution is -2.37. The Hall–Kier alpha value is -3.84. The second-order valence-corrected chi connectivity index (χ2v) is 15.8. The minimum absolute atomic E-state index is 0.194. The van der Waals surface area contributed by atoms with Crippen LogP contribution in [0.2, 0.25) is 0 Å². The van der Waals surface area contributed by atoms with Crippen LogP contribution in [-0.2, 0) is 5.41 Å². The number of benzene rings is 3. The maximum atomic E-state index is 4.12. The summed E-state index contributed by atoms with van der Waals surface area (Å²) < 4.78 is 0. The van der Waals surface area contributed by atoms with Crippen molar-refractivity contribution in [3.63, 3.8) is 0 Å². The van der Waals surface area contributed by atoms with Gasteiger partial charge in [-0.3, -0.25) is 0 Å². The molecular formula is C50H61N. The molecule has 3 aliphatic carbocycles. The van der Waals surface area contributed by atoms with Gasteiger partial charge in [-0.15, -0.1) is 0 Å². The van der Waals surface area contributed by atoms with Gasteiger partial charge in [-0.25, -0.2) is 0 Å². The molecule has 0 spiro atoms. The molecule has 0 saturated heterocycles. The third-order valence-electron chi connectivity index (χ3n) is 12.5. The molecular weight excluding hydrogens is 615 g/mol. The highest BCUT2D eigenvalue weighted by Crippen LogP contribution is 2.58. The van der Waals surface area contributed by atoms with E-state index in [-0.39, 0.29) is 11.5 Å². The molecule has 1 nitrogen and oxygen atoms in total. The molecule has 0 saturated carbocycles. The monoisotopic (exact) mass is 675 g/mol. The van der Waals surface area contributed by atoms with Gasteiger partial charge in [-0.2, -0.15) is 0 Å². The van der Waals surface area contributed by atoms with Crippen LogP contribution in [0.4, 0.5) is 0 Å². The lowest BCUT2D eigenvalue weighted by atomic mass is 9.66. The Morgan fingerprint density at radius 3 is 1.94 bits per heavy atom. The summed E-state index contributed by atoms with van der Waals surface area (Å²) in [7, 11) is 0. The first kappa shape index (κ1) is 35.6. The highest BCUT2D eigenvalue weighted by atomic mass is 14.9. The molecule has 1 aliphatic heterocycles. The lowest BCUT2D eigenvalue weighted by molar-refractivity contribution is 0.360. The average Bonchev–Trinajstić information content (AvgIpc) is 3.46. The Bertz CT molecular complexity index is 1750. The van der Waals surface area contributed by atoms with E-state index in [1.165, 1.54) is 143 Å². The Labute approximate surface area is 309 Å². The fourth-order valence-corrected chi connectivity index (χ4v) is 9.78. The maximum absolute atomic E-state index is 4.12. The number of dihydropyridines is 1. The molecule has 0 bridgehead atoms. The first-order chi connectivity index (χ1) is 25.2. The quantitative estimate of drug-likeness (QED) is 0.140. The van der Waals surface area contributed by atoms with E-state index in [2.05, 4.69) is 128 Å². The van der Waals surface area contributed by atoms with Crippen molar-refractivity contribution in [1.82, 2.24) is 5.32 Å². The standard InChI is InChI=1S/C50H61N/c1-3-5-7-9-11-21-33-50(34-22-12-10-8-6-4-2)46-28-20-19-27-42(46)43-31-29-41(36-47(43)50)49-37-44(39-25-17-14-18-26-39)45-35-40(30-32-48(45)51-49)38-23-15-13-16-24-38/h13-20,23-28,30,32,35,37,41,48,51H,3-12,21-22,29,31,33-34,36H2,1-2H3. The molecule has 1 heterocycles. The van der Waals surface area contributed by atoms with Crippen LogP contribution in [0, 0.1) is 5.92 Å². The average molecular weight is 676 g/mol. The Balaban J connectivity index is 1.21. The van der Waals surface area contributed by atoms with Gasteiger partial charge < -0.3 is 5.32 Å². The third-order valence-corrected chi connectivity index (χ3v) is 12.5. The molecule has 51 heavy (non-hydrogen) atoms. The SMILES string of the molecule is CCCCCCCCC1(CCCCCCCC)C2=C(CCC(C3=CC(c4ccccc4)=C4C=C(c5ccccc5)C=CC4N3)C2)c2ccccc21. The first-order valence-corrected chi connectivity index (χ1v) is 20.8. The predicted molar refractivity (Wildman–Crippen MR) is 220 cm³/mol. The van der Waals surface area contributed by atoms with E-state index in [1.807, 2.05) is 5.57 Å². The van der Waals surface area contributed by atoms with Crippen molar-refractivity contribution >= 4 is 16.7 Å². The summed E-state index contributed by atoms with van der Waals surface area (Å²) in [5, 5.41) is 4.12. The fourth-order valence-electron chi connectivity index (χ4n) is 9.78. The van der Waals surface area contributed by atoms with Crippen LogP contribution in [0.5, 0.6) is 0 Å². The zero-order valence-electron chi connectivity index (χ0n) is 31.6.